The van der Waals surface area contributed by atoms with Crippen LogP contribution in [0.4, 0.5) is 0 Å². The van der Waals surface area contributed by atoms with Crippen molar-refractivity contribution in [3.63, 3.8) is 0 Å². The average molecular weight is 495 g/mol. The molecule has 5 heteroatoms. The fourth-order valence-corrected chi connectivity index (χ4v) is 5.37. The molecule has 1 aromatic carbocycles. The minimum absolute atomic E-state index is 0.234. The third-order valence-electron chi connectivity index (χ3n) is 7.42. The van der Waals surface area contributed by atoms with Crippen LogP contribution in [0, 0.1) is 5.92 Å². The molecule has 5 nitrogen and oxygen atoms in total. The van der Waals surface area contributed by atoms with Crippen LogP contribution >= 0.6 is 0 Å². The van der Waals surface area contributed by atoms with E-state index in [2.05, 4.69) is 54.5 Å². The number of nitrogens with one attached hydrogen (secondary N) is 1. The molecule has 36 heavy (non-hydrogen) atoms. The topological polar surface area (TPSA) is 63.1 Å². The summed E-state index contributed by atoms with van der Waals surface area (Å²) in [6, 6.07) is 8.39. The van der Waals surface area contributed by atoms with Crippen LogP contribution in [0.5, 0.6) is 5.75 Å². The molecule has 0 spiro atoms. The Balaban J connectivity index is 1.55. The molecule has 0 aromatic heterocycles. The molecule has 1 aromatic rings. The van der Waals surface area contributed by atoms with Gasteiger partial charge in [-0.05, 0) is 74.3 Å². The number of aliphatic imine (C=N–C) groups is 1. The first-order chi connectivity index (χ1) is 17.6. The van der Waals surface area contributed by atoms with E-state index in [0.717, 1.165) is 49.4 Å². The van der Waals surface area contributed by atoms with Gasteiger partial charge in [-0.25, -0.2) is 0 Å². The summed E-state index contributed by atoms with van der Waals surface area (Å²) in [4.78, 5) is 4.39. The average Bonchev–Trinajstić information content (AvgIpc) is 2.91. The van der Waals surface area contributed by atoms with Gasteiger partial charge in [0.15, 0.2) is 0 Å². The van der Waals surface area contributed by atoms with E-state index in [4.69, 9.17) is 9.47 Å². The third kappa shape index (κ3) is 8.55. The number of allylic oxidation sites excluding steroid dienone is 4. The van der Waals surface area contributed by atoms with E-state index in [-0.39, 0.29) is 5.60 Å². The molecule has 1 aliphatic carbocycles. The maximum absolute atomic E-state index is 10.3. The molecule has 0 radical (unpaired) electrons. The van der Waals surface area contributed by atoms with E-state index < -0.39 is 0 Å². The summed E-state index contributed by atoms with van der Waals surface area (Å²) in [5, 5.41) is 13.8. The Morgan fingerprint density at radius 1 is 1.19 bits per heavy atom. The summed E-state index contributed by atoms with van der Waals surface area (Å²) in [5.74, 6) is 2.69. The van der Waals surface area contributed by atoms with E-state index in [9.17, 15) is 5.11 Å². The zero-order chi connectivity index (χ0) is 25.6. The predicted molar refractivity (Wildman–Crippen MR) is 150 cm³/mol. The maximum Gasteiger partial charge on any atom is 0.145 e. The van der Waals surface area contributed by atoms with Crippen LogP contribution in [-0.2, 0) is 11.2 Å². The van der Waals surface area contributed by atoms with Crippen LogP contribution in [0.1, 0.15) is 83.6 Å². The number of aliphatic hydroxyl groups excluding tert-OH is 1. The van der Waals surface area contributed by atoms with Crippen LogP contribution < -0.4 is 10.1 Å². The SMILES string of the molecule is CC/C=C\C=C(/CCC)NC(COc1ccc(CCC2(C3CCCCC3)CC(O)=CCO2)cc1)=NC. The number of hydrogen-bond donors (Lipinski definition) is 2. The monoisotopic (exact) mass is 494 g/mol. The number of aryl methyl sites for hydroxylation is 1. The third-order valence-corrected chi connectivity index (χ3v) is 7.42. The van der Waals surface area contributed by atoms with Crippen molar-refractivity contribution in [2.75, 3.05) is 20.3 Å². The number of nitrogens with zero attached hydrogens (tertiary/aromatic N) is 1. The molecule has 1 saturated carbocycles. The normalized spacial score (nSPS) is 22.0. The van der Waals surface area contributed by atoms with Crippen LogP contribution in [0.25, 0.3) is 0 Å². The van der Waals surface area contributed by atoms with Gasteiger partial charge in [0.1, 0.15) is 18.2 Å². The second-order valence-electron chi connectivity index (χ2n) is 10.1. The molecule has 198 valence electrons. The molecule has 1 unspecified atom stereocenters. The lowest BCUT2D eigenvalue weighted by atomic mass is 9.71. The van der Waals surface area contributed by atoms with Crippen molar-refractivity contribution in [3.05, 3.63) is 65.6 Å². The molecule has 2 aliphatic rings. The molecule has 1 aliphatic heterocycles. The molecule has 0 saturated heterocycles. The highest BCUT2D eigenvalue weighted by Gasteiger charge is 2.42. The Labute approximate surface area is 218 Å². The van der Waals surface area contributed by atoms with Gasteiger partial charge in [0.05, 0.1) is 18.0 Å². The molecule has 0 amide bonds. The van der Waals surface area contributed by atoms with Crippen molar-refractivity contribution >= 4 is 5.84 Å². The molecule has 1 fully saturated rings. The highest BCUT2D eigenvalue weighted by molar-refractivity contribution is 5.85. The van der Waals surface area contributed by atoms with Gasteiger partial charge in [-0.1, -0.05) is 63.8 Å². The van der Waals surface area contributed by atoms with Crippen molar-refractivity contribution in [3.8, 4) is 5.75 Å². The lowest BCUT2D eigenvalue weighted by Crippen LogP contribution is -2.44. The van der Waals surface area contributed by atoms with Crippen LogP contribution in [-0.4, -0.2) is 36.8 Å². The van der Waals surface area contributed by atoms with E-state index in [1.54, 1.807) is 7.05 Å². The Hall–Kier alpha value is -2.53. The Morgan fingerprint density at radius 3 is 2.64 bits per heavy atom. The number of aliphatic hydroxyl groups is 1. The van der Waals surface area contributed by atoms with E-state index in [0.29, 0.717) is 31.3 Å². The minimum Gasteiger partial charge on any atom is -0.512 e. The van der Waals surface area contributed by atoms with Crippen molar-refractivity contribution in [1.82, 2.24) is 5.32 Å². The fraction of sp³-hybridized carbons (Fsp3) is 0.581. The van der Waals surface area contributed by atoms with Crippen LogP contribution in [0.3, 0.4) is 0 Å². The molecule has 0 bridgehead atoms. The van der Waals surface area contributed by atoms with Gasteiger partial charge in [-0.3, -0.25) is 4.99 Å². The lowest BCUT2D eigenvalue weighted by Gasteiger charge is -2.44. The van der Waals surface area contributed by atoms with Gasteiger partial charge >= 0.3 is 0 Å². The fourth-order valence-electron chi connectivity index (χ4n) is 5.37. The maximum atomic E-state index is 10.3. The quantitative estimate of drug-likeness (QED) is 0.180. The summed E-state index contributed by atoms with van der Waals surface area (Å²) < 4.78 is 12.4. The number of ether oxygens (including phenoxy) is 2. The van der Waals surface area contributed by atoms with E-state index >= 15 is 0 Å². The number of amidine groups is 1. The molecular formula is C31H46N2O3. The summed E-state index contributed by atoms with van der Waals surface area (Å²) in [5.41, 5.74) is 2.19. The molecule has 2 N–H and O–H groups in total. The first-order valence-corrected chi connectivity index (χ1v) is 13.9. The molecule has 1 heterocycles. The molecule has 1 atom stereocenters. The van der Waals surface area contributed by atoms with Crippen LogP contribution in [0.15, 0.2) is 65.0 Å². The summed E-state index contributed by atoms with van der Waals surface area (Å²) in [6.45, 7) is 5.24. The van der Waals surface area contributed by atoms with Gasteiger partial charge in [-0.2, -0.15) is 0 Å². The Kier molecular flexibility index (Phi) is 11.6. The highest BCUT2D eigenvalue weighted by atomic mass is 16.5. The molecular weight excluding hydrogens is 448 g/mol. The second-order valence-corrected chi connectivity index (χ2v) is 10.1. The van der Waals surface area contributed by atoms with Crippen molar-refractivity contribution in [2.45, 2.75) is 90.1 Å². The van der Waals surface area contributed by atoms with Gasteiger partial charge in [0.25, 0.3) is 0 Å². The number of benzene rings is 1. The van der Waals surface area contributed by atoms with Crippen molar-refractivity contribution in [1.29, 1.82) is 0 Å². The Bertz CT molecular complexity index is 910. The minimum atomic E-state index is -0.234. The standard InChI is InChI=1S/C31H46N2O3/c1-4-6-8-14-27(11-5-2)33-30(32-3)24-35-29-17-15-25(16-18-29)19-21-31(23-28(34)20-22-36-31)26-12-9-7-10-13-26/h6,8,14-18,20,26,34H,4-5,7,9-13,19,21-24H2,1-3H3,(H,32,33)/b8-6-,27-14+. The van der Waals surface area contributed by atoms with E-state index in [1.807, 2.05) is 18.2 Å². The van der Waals surface area contributed by atoms with E-state index in [1.165, 1.54) is 37.7 Å². The van der Waals surface area contributed by atoms with Gasteiger partial charge in [0, 0.05) is 19.2 Å². The van der Waals surface area contributed by atoms with Gasteiger partial charge in [0.2, 0.25) is 0 Å². The first kappa shape index (κ1) is 28.0. The number of hydrogen-bond acceptors (Lipinski definition) is 4. The zero-order valence-electron chi connectivity index (χ0n) is 22.6. The smallest absolute Gasteiger partial charge is 0.145 e. The largest absolute Gasteiger partial charge is 0.512 e. The highest BCUT2D eigenvalue weighted by Crippen LogP contribution is 2.43. The van der Waals surface area contributed by atoms with Crippen LogP contribution in [0.2, 0.25) is 0 Å². The molecule has 3 rings (SSSR count). The predicted octanol–water partition coefficient (Wildman–Crippen LogP) is 7.45. The Morgan fingerprint density at radius 2 is 1.97 bits per heavy atom. The second kappa shape index (κ2) is 14.9. The summed E-state index contributed by atoms with van der Waals surface area (Å²) >= 11 is 0. The summed E-state index contributed by atoms with van der Waals surface area (Å²) in [7, 11) is 1.79. The summed E-state index contributed by atoms with van der Waals surface area (Å²) in [6.07, 6.45) is 20.1. The van der Waals surface area contributed by atoms with Gasteiger partial charge < -0.3 is 19.9 Å². The van der Waals surface area contributed by atoms with Crippen molar-refractivity contribution in [2.24, 2.45) is 10.9 Å². The van der Waals surface area contributed by atoms with Gasteiger partial charge in [-0.15, -0.1) is 0 Å². The zero-order valence-corrected chi connectivity index (χ0v) is 22.6. The van der Waals surface area contributed by atoms with Crippen molar-refractivity contribution < 1.29 is 14.6 Å². The lowest BCUT2D eigenvalue weighted by molar-refractivity contribution is -0.105. The first-order valence-electron chi connectivity index (χ1n) is 13.9. The number of rotatable bonds is 12.